The van der Waals surface area contributed by atoms with Crippen molar-refractivity contribution >= 4 is 31.2 Å². The average Bonchev–Trinajstić information content (AvgIpc) is 3.34. The molecule has 0 aromatic heterocycles. The zero-order valence-electron chi connectivity index (χ0n) is 33.9. The van der Waals surface area contributed by atoms with E-state index in [1.54, 1.807) is 121 Å². The van der Waals surface area contributed by atoms with Crippen LogP contribution in [0.15, 0.2) is 214 Å². The van der Waals surface area contributed by atoms with Crippen molar-refractivity contribution in [2.24, 2.45) is 0 Å². The molecular weight excluding hydrogens is 861 g/mol. The highest BCUT2D eigenvalue weighted by atomic mass is 32.2. The van der Waals surface area contributed by atoms with Crippen LogP contribution in [0.25, 0.3) is 0 Å². The predicted octanol–water partition coefficient (Wildman–Crippen LogP) is 10.9. The van der Waals surface area contributed by atoms with Crippen LogP contribution in [-0.2, 0) is 19.7 Å². The van der Waals surface area contributed by atoms with Crippen LogP contribution in [0.3, 0.4) is 0 Å². The Hall–Kier alpha value is -8.62. The number of ketones is 2. The lowest BCUT2D eigenvalue weighted by molar-refractivity contribution is 0.103. The second-order valence-corrected chi connectivity index (χ2v) is 18.1. The molecule has 65 heavy (non-hydrogen) atoms. The lowest BCUT2D eigenvalue weighted by atomic mass is 10.0. The van der Waals surface area contributed by atoms with E-state index in [0.717, 1.165) is 0 Å². The summed E-state index contributed by atoms with van der Waals surface area (Å²) in [6.07, 6.45) is 0. The molecule has 8 aromatic carbocycles. The highest BCUT2D eigenvalue weighted by molar-refractivity contribution is 7.92. The van der Waals surface area contributed by atoms with Crippen molar-refractivity contribution in [3.05, 3.63) is 228 Å². The average molecular weight is 893 g/mol. The first-order valence-corrected chi connectivity index (χ1v) is 22.6. The molecule has 0 fully saturated rings. The summed E-state index contributed by atoms with van der Waals surface area (Å²) < 4.78 is 73.4. The molecule has 0 radical (unpaired) electrons. The van der Waals surface area contributed by atoms with E-state index in [4.69, 9.17) is 24.7 Å². The van der Waals surface area contributed by atoms with Crippen LogP contribution in [-0.4, -0.2) is 28.4 Å². The molecule has 0 amide bonds. The van der Waals surface area contributed by atoms with Gasteiger partial charge in [-0.2, -0.15) is 10.5 Å². The van der Waals surface area contributed by atoms with Gasteiger partial charge in [0.05, 0.1) is 33.1 Å². The van der Waals surface area contributed by atoms with E-state index in [2.05, 4.69) is 0 Å². The summed E-state index contributed by atoms with van der Waals surface area (Å²) in [4.78, 5) is 25.7. The highest BCUT2D eigenvalue weighted by Crippen LogP contribution is 2.36. The molecule has 0 saturated heterocycles. The second kappa shape index (κ2) is 18.4. The molecule has 316 valence electrons. The van der Waals surface area contributed by atoms with Gasteiger partial charge in [0.2, 0.25) is 19.7 Å². The largest absolute Gasteiger partial charge is 0.457 e. The van der Waals surface area contributed by atoms with E-state index in [0.29, 0.717) is 56.4 Å². The molecule has 0 unspecified atom stereocenters. The molecule has 0 aliphatic rings. The van der Waals surface area contributed by atoms with E-state index in [1.165, 1.54) is 72.8 Å². The molecule has 8 aromatic rings. The van der Waals surface area contributed by atoms with Crippen molar-refractivity contribution in [2.75, 3.05) is 0 Å². The summed E-state index contributed by atoms with van der Waals surface area (Å²) in [5.41, 5.74) is 2.48. The number of ether oxygens (including phenoxy) is 3. The maximum absolute atomic E-state index is 13.9. The van der Waals surface area contributed by atoms with Crippen molar-refractivity contribution < 1.29 is 40.6 Å². The fourth-order valence-electron chi connectivity index (χ4n) is 6.60. The zero-order valence-corrected chi connectivity index (χ0v) is 35.5. The van der Waals surface area contributed by atoms with E-state index in [-0.39, 0.29) is 42.6 Å². The van der Waals surface area contributed by atoms with E-state index in [9.17, 15) is 26.4 Å². The number of hydrogen-bond acceptors (Lipinski definition) is 11. The fraction of sp³-hybridized carbons (Fsp3) is 0. The van der Waals surface area contributed by atoms with Gasteiger partial charge in [-0.15, -0.1) is 0 Å². The highest BCUT2D eigenvalue weighted by Gasteiger charge is 2.25. The normalized spacial score (nSPS) is 11.1. The van der Waals surface area contributed by atoms with E-state index < -0.39 is 19.7 Å². The molecule has 0 saturated carbocycles. The number of carbonyl (C=O) groups is 2. The molecule has 0 heterocycles. The Kier molecular flexibility index (Phi) is 12.2. The van der Waals surface area contributed by atoms with Crippen molar-refractivity contribution in [3.63, 3.8) is 0 Å². The molecule has 0 spiro atoms. The van der Waals surface area contributed by atoms with Crippen molar-refractivity contribution in [3.8, 4) is 46.6 Å². The van der Waals surface area contributed by atoms with Crippen molar-refractivity contribution in [1.29, 1.82) is 10.5 Å². The van der Waals surface area contributed by atoms with Crippen LogP contribution in [0.2, 0.25) is 0 Å². The van der Waals surface area contributed by atoms with Gasteiger partial charge < -0.3 is 14.2 Å². The van der Waals surface area contributed by atoms with Crippen molar-refractivity contribution in [2.45, 2.75) is 19.6 Å². The first kappa shape index (κ1) is 43.0. The molecule has 11 nitrogen and oxygen atoms in total. The van der Waals surface area contributed by atoms with Crippen LogP contribution in [0.4, 0.5) is 0 Å². The van der Waals surface area contributed by atoms with Crippen LogP contribution in [0, 0.1) is 22.7 Å². The lowest BCUT2D eigenvalue weighted by Crippen LogP contribution is -2.05. The third-order valence-electron chi connectivity index (χ3n) is 10.0. The van der Waals surface area contributed by atoms with Crippen LogP contribution >= 0.6 is 0 Å². The summed E-state index contributed by atoms with van der Waals surface area (Å²) in [5.74, 6) is 0.866. The zero-order chi connectivity index (χ0) is 45.6. The SMILES string of the molecule is N#Cc1ccc(C(=O)c2ccc(Oc3ccccc3S(=O)(=O)c3ccc(Oc4ccc(S(=O)(=O)c5ccccc5Oc5ccc(C(=O)c6ccc(C#N)cc6)cc5)cc4)cc3)cc2)cc1. The molecule has 0 aliphatic heterocycles. The molecule has 0 aliphatic carbocycles. The van der Waals surface area contributed by atoms with Gasteiger partial charge in [0, 0.05) is 22.3 Å². The van der Waals surface area contributed by atoms with Gasteiger partial charge in [0.1, 0.15) is 44.3 Å². The van der Waals surface area contributed by atoms with Crippen LogP contribution in [0.1, 0.15) is 43.0 Å². The first-order valence-electron chi connectivity index (χ1n) is 19.6. The Morgan fingerprint density at radius 2 is 0.631 bits per heavy atom. The van der Waals surface area contributed by atoms with Crippen molar-refractivity contribution in [1.82, 2.24) is 0 Å². The summed E-state index contributed by atoms with van der Waals surface area (Å²) in [6.45, 7) is 0. The topological polar surface area (TPSA) is 178 Å². The van der Waals surface area contributed by atoms with Gasteiger partial charge in [-0.05, 0) is 170 Å². The number of carbonyl (C=O) groups excluding carboxylic acids is 2. The summed E-state index contributed by atoms with van der Waals surface area (Å²) in [5, 5.41) is 18.1. The maximum Gasteiger partial charge on any atom is 0.210 e. The van der Waals surface area contributed by atoms with E-state index in [1.807, 2.05) is 12.1 Å². The van der Waals surface area contributed by atoms with Gasteiger partial charge in [-0.1, -0.05) is 24.3 Å². The smallest absolute Gasteiger partial charge is 0.210 e. The summed E-state index contributed by atoms with van der Waals surface area (Å²) >= 11 is 0. The Balaban J connectivity index is 0.918. The lowest BCUT2D eigenvalue weighted by Gasteiger charge is -2.13. The van der Waals surface area contributed by atoms with Crippen LogP contribution in [0.5, 0.6) is 34.5 Å². The van der Waals surface area contributed by atoms with Gasteiger partial charge in [0.25, 0.3) is 0 Å². The number of nitriles is 2. The van der Waals surface area contributed by atoms with Gasteiger partial charge in [-0.3, -0.25) is 9.59 Å². The van der Waals surface area contributed by atoms with Crippen LogP contribution < -0.4 is 14.2 Å². The molecule has 0 N–H and O–H groups in total. The number of para-hydroxylation sites is 2. The Bertz CT molecular complexity index is 3150. The quantitative estimate of drug-likeness (QED) is 0.0949. The minimum atomic E-state index is -4.09. The third kappa shape index (κ3) is 9.43. The number of sulfone groups is 2. The maximum atomic E-state index is 13.9. The molecule has 0 bridgehead atoms. The summed E-state index contributed by atoms with van der Waals surface area (Å²) in [6, 6.07) is 53.0. The minimum absolute atomic E-state index is 0.0286. The molecule has 0 atom stereocenters. The Labute approximate surface area is 374 Å². The Morgan fingerprint density at radius 3 is 0.954 bits per heavy atom. The van der Waals surface area contributed by atoms with Gasteiger partial charge >= 0.3 is 0 Å². The van der Waals surface area contributed by atoms with Gasteiger partial charge in [0.15, 0.2) is 11.6 Å². The van der Waals surface area contributed by atoms with E-state index >= 15 is 0 Å². The number of hydrogen-bond donors (Lipinski definition) is 0. The monoisotopic (exact) mass is 892 g/mol. The standard InChI is InChI=1S/C52H32N2O9S2/c53-33-35-9-13-37(14-10-35)51(55)39-17-21-43(22-18-39)62-47-5-1-3-7-49(47)64(57,58)45-29-25-41(26-30-45)61-42-27-31-46(32-28-42)65(59,60)50-8-4-2-6-48(50)63-44-23-19-40(20-24-44)52(56)38-15-11-36(34-54)12-16-38/h1-32H. The predicted molar refractivity (Wildman–Crippen MR) is 239 cm³/mol. The third-order valence-corrected chi connectivity index (χ3v) is 13.6. The number of nitrogens with zero attached hydrogens (tertiary/aromatic N) is 2. The molecular formula is C52H32N2O9S2. The minimum Gasteiger partial charge on any atom is -0.457 e. The fourth-order valence-corrected chi connectivity index (χ4v) is 9.37. The van der Waals surface area contributed by atoms with Gasteiger partial charge in [-0.25, -0.2) is 16.8 Å². The summed E-state index contributed by atoms with van der Waals surface area (Å²) in [7, 11) is -8.18. The second-order valence-electron chi connectivity index (χ2n) is 14.2. The molecule has 13 heteroatoms. The Morgan fingerprint density at radius 1 is 0.354 bits per heavy atom. The number of rotatable bonds is 14. The first-order chi connectivity index (χ1) is 31.4. The number of benzene rings is 8. The molecule has 8 rings (SSSR count).